The molecule has 0 aliphatic carbocycles. The Kier molecular flexibility index (Phi) is 5.80. The van der Waals surface area contributed by atoms with Gasteiger partial charge in [0.2, 0.25) is 5.91 Å². The molecule has 116 valence electrons. The van der Waals surface area contributed by atoms with Crippen LogP contribution in [0.15, 0.2) is 0 Å². The van der Waals surface area contributed by atoms with Gasteiger partial charge in [-0.3, -0.25) is 4.79 Å². The predicted octanol–water partition coefficient (Wildman–Crippen LogP) is 1.19. The van der Waals surface area contributed by atoms with Gasteiger partial charge in [0.15, 0.2) is 0 Å². The van der Waals surface area contributed by atoms with Crippen LogP contribution in [0.2, 0.25) is 0 Å². The summed E-state index contributed by atoms with van der Waals surface area (Å²) in [6.07, 6.45) is 1.54. The number of carbonyl (C=O) groups is 2. The zero-order chi connectivity index (χ0) is 15.3. The van der Waals surface area contributed by atoms with E-state index in [2.05, 4.69) is 0 Å². The fraction of sp³-hybridized carbons (Fsp3) is 0.857. The molecule has 2 N–H and O–H groups in total. The molecular weight excluding hydrogens is 258 g/mol. The highest BCUT2D eigenvalue weighted by molar-refractivity contribution is 5.78. The molecule has 1 aliphatic rings. The first-order chi connectivity index (χ1) is 9.28. The van der Waals surface area contributed by atoms with E-state index in [4.69, 9.17) is 10.5 Å². The van der Waals surface area contributed by atoms with Crippen LogP contribution < -0.4 is 5.73 Å². The third kappa shape index (κ3) is 4.67. The molecule has 1 fully saturated rings. The van der Waals surface area contributed by atoms with Gasteiger partial charge in [0.05, 0.1) is 6.54 Å². The van der Waals surface area contributed by atoms with Crippen LogP contribution in [0.5, 0.6) is 0 Å². The summed E-state index contributed by atoms with van der Waals surface area (Å²) in [6, 6.07) is 0.0542. The summed E-state index contributed by atoms with van der Waals surface area (Å²) in [4.78, 5) is 27.3. The van der Waals surface area contributed by atoms with Crippen molar-refractivity contribution in [2.45, 2.75) is 52.2 Å². The Hall–Kier alpha value is -1.30. The third-order valence-corrected chi connectivity index (χ3v) is 3.34. The molecule has 0 saturated carbocycles. The maximum absolute atomic E-state index is 12.1. The maximum atomic E-state index is 12.1. The number of rotatable bonds is 4. The van der Waals surface area contributed by atoms with Gasteiger partial charge in [0.1, 0.15) is 5.60 Å². The Bertz CT molecular complexity index is 352. The predicted molar refractivity (Wildman–Crippen MR) is 77.3 cm³/mol. The average molecular weight is 285 g/mol. The molecule has 0 aromatic heterocycles. The lowest BCUT2D eigenvalue weighted by atomic mass is 10.2. The Balaban J connectivity index is 2.63. The quantitative estimate of drug-likeness (QED) is 0.842. The molecule has 1 aliphatic heterocycles. The van der Waals surface area contributed by atoms with Crippen molar-refractivity contribution in [3.63, 3.8) is 0 Å². The summed E-state index contributed by atoms with van der Waals surface area (Å²) in [5.74, 6) is -0.0484. The molecule has 0 aromatic rings. The second-order valence-electron chi connectivity index (χ2n) is 6.11. The number of hydrogen-bond donors (Lipinski definition) is 1. The Labute approximate surface area is 121 Å². The first kappa shape index (κ1) is 16.8. The smallest absolute Gasteiger partial charge is 0.410 e. The third-order valence-electron chi connectivity index (χ3n) is 3.34. The van der Waals surface area contributed by atoms with Crippen molar-refractivity contribution in [2.24, 2.45) is 5.73 Å². The van der Waals surface area contributed by atoms with Gasteiger partial charge in [0.25, 0.3) is 0 Å². The number of nitrogens with zero attached hydrogens (tertiary/aromatic N) is 2. The van der Waals surface area contributed by atoms with E-state index >= 15 is 0 Å². The second-order valence-corrected chi connectivity index (χ2v) is 6.11. The van der Waals surface area contributed by atoms with Crippen LogP contribution in [0.1, 0.15) is 40.5 Å². The van der Waals surface area contributed by atoms with Crippen LogP contribution in [0.25, 0.3) is 0 Å². The lowest BCUT2D eigenvalue weighted by Gasteiger charge is -2.31. The van der Waals surface area contributed by atoms with Crippen LogP contribution >= 0.6 is 0 Å². The van der Waals surface area contributed by atoms with Crippen molar-refractivity contribution in [1.29, 1.82) is 0 Å². The van der Waals surface area contributed by atoms with Crippen LogP contribution in [0, 0.1) is 0 Å². The van der Waals surface area contributed by atoms with Crippen LogP contribution in [0.4, 0.5) is 4.79 Å². The molecule has 1 rings (SSSR count). The Morgan fingerprint density at radius 1 is 1.40 bits per heavy atom. The standard InChI is InChI=1S/C14H27N3O3/c1-5-16(13(19)20-14(2,3)4)10-11-7-6-8-17(11)12(18)9-15/h11H,5-10,15H2,1-4H3/t11-/m1/s1. The van der Waals surface area contributed by atoms with E-state index in [0.717, 1.165) is 19.4 Å². The van der Waals surface area contributed by atoms with Gasteiger partial charge < -0.3 is 20.3 Å². The number of amides is 2. The van der Waals surface area contributed by atoms with Crippen LogP contribution in [-0.2, 0) is 9.53 Å². The first-order valence-corrected chi connectivity index (χ1v) is 7.26. The lowest BCUT2D eigenvalue weighted by Crippen LogP contribution is -2.47. The minimum atomic E-state index is -0.507. The first-order valence-electron chi connectivity index (χ1n) is 7.26. The molecule has 6 heteroatoms. The monoisotopic (exact) mass is 285 g/mol. The summed E-state index contributed by atoms with van der Waals surface area (Å²) in [5.41, 5.74) is 4.92. The molecule has 1 atom stereocenters. The van der Waals surface area contributed by atoms with Gasteiger partial charge in [-0.05, 0) is 40.5 Å². The van der Waals surface area contributed by atoms with E-state index in [0.29, 0.717) is 13.1 Å². The molecule has 0 unspecified atom stereocenters. The van der Waals surface area contributed by atoms with Gasteiger partial charge in [-0.2, -0.15) is 0 Å². The van der Waals surface area contributed by atoms with Crippen LogP contribution in [-0.4, -0.2) is 59.6 Å². The van der Waals surface area contributed by atoms with Gasteiger partial charge in [0, 0.05) is 25.7 Å². The van der Waals surface area contributed by atoms with Crippen molar-refractivity contribution < 1.29 is 14.3 Å². The zero-order valence-corrected chi connectivity index (χ0v) is 13.0. The summed E-state index contributed by atoms with van der Waals surface area (Å²) >= 11 is 0. The number of ether oxygens (including phenoxy) is 1. The summed E-state index contributed by atoms with van der Waals surface area (Å²) in [6.45, 7) is 9.28. The van der Waals surface area contributed by atoms with E-state index in [9.17, 15) is 9.59 Å². The van der Waals surface area contributed by atoms with Crippen molar-refractivity contribution in [2.75, 3.05) is 26.2 Å². The van der Waals surface area contributed by atoms with Gasteiger partial charge >= 0.3 is 6.09 Å². The Morgan fingerprint density at radius 3 is 2.55 bits per heavy atom. The van der Waals surface area contributed by atoms with E-state index in [1.807, 2.05) is 27.7 Å². The summed E-state index contributed by atoms with van der Waals surface area (Å²) in [7, 11) is 0. The molecule has 2 amide bonds. The van der Waals surface area contributed by atoms with Crippen molar-refractivity contribution in [3.05, 3.63) is 0 Å². The number of nitrogens with two attached hydrogens (primary N) is 1. The molecular formula is C14H27N3O3. The number of hydrogen-bond acceptors (Lipinski definition) is 4. The largest absolute Gasteiger partial charge is 0.444 e. The fourth-order valence-electron chi connectivity index (χ4n) is 2.38. The van der Waals surface area contributed by atoms with Gasteiger partial charge in [-0.1, -0.05) is 0 Å². The maximum Gasteiger partial charge on any atom is 0.410 e. The summed E-state index contributed by atoms with van der Waals surface area (Å²) in [5, 5.41) is 0. The normalized spacial score (nSPS) is 19.1. The SMILES string of the molecule is CCN(C[C@H]1CCCN1C(=O)CN)C(=O)OC(C)(C)C. The summed E-state index contributed by atoms with van der Waals surface area (Å²) < 4.78 is 5.38. The molecule has 0 spiro atoms. The number of likely N-dealkylation sites (tertiary alicyclic amines) is 1. The molecule has 20 heavy (non-hydrogen) atoms. The minimum absolute atomic E-state index is 0.0229. The minimum Gasteiger partial charge on any atom is -0.444 e. The lowest BCUT2D eigenvalue weighted by molar-refractivity contribution is -0.130. The van der Waals surface area contributed by atoms with E-state index in [1.54, 1.807) is 9.80 Å². The molecule has 6 nitrogen and oxygen atoms in total. The van der Waals surface area contributed by atoms with Crippen molar-refractivity contribution >= 4 is 12.0 Å². The molecule has 0 aromatic carbocycles. The zero-order valence-electron chi connectivity index (χ0n) is 13.0. The van der Waals surface area contributed by atoms with E-state index in [1.165, 1.54) is 0 Å². The fourth-order valence-corrected chi connectivity index (χ4v) is 2.38. The van der Waals surface area contributed by atoms with Gasteiger partial charge in [-0.25, -0.2) is 4.79 Å². The Morgan fingerprint density at radius 2 is 2.05 bits per heavy atom. The van der Waals surface area contributed by atoms with Gasteiger partial charge in [-0.15, -0.1) is 0 Å². The molecule has 1 heterocycles. The second kappa shape index (κ2) is 6.92. The van der Waals surface area contributed by atoms with Crippen LogP contribution in [0.3, 0.4) is 0 Å². The van der Waals surface area contributed by atoms with E-state index in [-0.39, 0.29) is 24.6 Å². The molecule has 0 radical (unpaired) electrons. The van der Waals surface area contributed by atoms with E-state index < -0.39 is 5.60 Å². The highest BCUT2D eigenvalue weighted by Gasteiger charge is 2.31. The topological polar surface area (TPSA) is 75.9 Å². The van der Waals surface area contributed by atoms with Crippen molar-refractivity contribution in [3.8, 4) is 0 Å². The molecule has 1 saturated heterocycles. The number of carbonyl (C=O) groups excluding carboxylic acids is 2. The number of likely N-dealkylation sites (N-methyl/N-ethyl adjacent to an activating group) is 1. The highest BCUT2D eigenvalue weighted by Crippen LogP contribution is 2.19. The highest BCUT2D eigenvalue weighted by atomic mass is 16.6. The average Bonchev–Trinajstić information content (AvgIpc) is 2.80. The molecule has 0 bridgehead atoms. The van der Waals surface area contributed by atoms with Crippen molar-refractivity contribution in [1.82, 2.24) is 9.80 Å².